The average molecular weight is 509 g/mol. The molecule has 1 aliphatic heterocycles. The number of carbonyl (C=O) groups excluding carboxylic acids is 2. The van der Waals surface area contributed by atoms with E-state index in [9.17, 15) is 22.8 Å². The lowest BCUT2D eigenvalue weighted by Crippen LogP contribution is -2.33. The van der Waals surface area contributed by atoms with Gasteiger partial charge in [-0.1, -0.05) is 0 Å². The zero-order valence-electron chi connectivity index (χ0n) is 19.5. The van der Waals surface area contributed by atoms with Crippen molar-refractivity contribution in [2.75, 3.05) is 23.5 Å². The number of anilines is 2. The van der Waals surface area contributed by atoms with E-state index >= 15 is 0 Å². The molecule has 1 aliphatic rings. The van der Waals surface area contributed by atoms with Gasteiger partial charge in [-0.15, -0.1) is 0 Å². The minimum atomic E-state index is -4.64. The van der Waals surface area contributed by atoms with Crippen molar-refractivity contribution in [1.29, 1.82) is 0 Å². The number of pyridine rings is 1. The number of aromatic nitrogens is 3. The maximum Gasteiger partial charge on any atom is 0.417 e. The molecule has 4 aromatic rings. The molecule has 188 valence electrons. The van der Waals surface area contributed by atoms with Crippen LogP contribution in [0.25, 0.3) is 10.9 Å². The second-order valence-corrected chi connectivity index (χ2v) is 8.14. The molecule has 1 fully saturated rings. The molecular weight excluding hydrogens is 491 g/mol. The summed E-state index contributed by atoms with van der Waals surface area (Å²) in [5.41, 5.74) is 0.290. The Bertz CT molecular complexity index is 1540. The number of fused-ring (bicyclic) bond motifs is 1. The van der Waals surface area contributed by atoms with Crippen LogP contribution in [0.4, 0.5) is 29.3 Å². The van der Waals surface area contributed by atoms with Crippen molar-refractivity contribution in [2.45, 2.75) is 13.1 Å². The number of alkyl halides is 3. The Morgan fingerprint density at radius 1 is 0.973 bits per heavy atom. The van der Waals surface area contributed by atoms with Crippen LogP contribution in [0, 0.1) is 6.92 Å². The van der Waals surface area contributed by atoms with E-state index in [-0.39, 0.29) is 11.4 Å². The normalized spacial score (nSPS) is 14.0. The maximum absolute atomic E-state index is 13.1. The van der Waals surface area contributed by atoms with Crippen LogP contribution in [0.5, 0.6) is 17.4 Å². The zero-order valence-corrected chi connectivity index (χ0v) is 19.5. The van der Waals surface area contributed by atoms with Gasteiger partial charge in [0.05, 0.1) is 41.1 Å². The summed E-state index contributed by atoms with van der Waals surface area (Å²) in [5, 5.41) is 0.653. The smallest absolute Gasteiger partial charge is 0.417 e. The second-order valence-electron chi connectivity index (χ2n) is 8.14. The fourth-order valence-electron chi connectivity index (χ4n) is 3.94. The monoisotopic (exact) mass is 509 g/mol. The highest BCUT2D eigenvalue weighted by Gasteiger charge is 2.40. The molecule has 37 heavy (non-hydrogen) atoms. The number of methoxy groups -OCH3 is 1. The fourth-order valence-corrected chi connectivity index (χ4v) is 3.94. The molecule has 2 aromatic carbocycles. The van der Waals surface area contributed by atoms with E-state index in [0.717, 1.165) is 22.1 Å². The number of aryl methyl sites for hydroxylation is 1. The van der Waals surface area contributed by atoms with Crippen molar-refractivity contribution < 1.29 is 32.2 Å². The van der Waals surface area contributed by atoms with Crippen molar-refractivity contribution in [1.82, 2.24) is 15.0 Å². The van der Waals surface area contributed by atoms with Crippen LogP contribution >= 0.6 is 0 Å². The number of ether oxygens (including phenoxy) is 2. The molecule has 3 amide bonds. The molecule has 0 saturated carbocycles. The van der Waals surface area contributed by atoms with Gasteiger partial charge in [0.1, 0.15) is 24.4 Å². The molecular formula is C25H18F3N5O4. The number of benzene rings is 2. The summed E-state index contributed by atoms with van der Waals surface area (Å²) in [4.78, 5) is 39.7. The number of urea groups is 1. The summed E-state index contributed by atoms with van der Waals surface area (Å²) < 4.78 is 50.4. The Kier molecular flexibility index (Phi) is 5.86. The molecule has 12 heteroatoms. The van der Waals surface area contributed by atoms with E-state index in [0.29, 0.717) is 40.0 Å². The maximum atomic E-state index is 13.1. The molecule has 0 N–H and O–H groups in total. The van der Waals surface area contributed by atoms with Gasteiger partial charge in [-0.25, -0.2) is 19.7 Å². The average Bonchev–Trinajstić information content (AvgIpc) is 3.17. The van der Waals surface area contributed by atoms with Gasteiger partial charge in [0.25, 0.3) is 5.91 Å². The molecule has 9 nitrogen and oxygen atoms in total. The van der Waals surface area contributed by atoms with E-state index in [2.05, 4.69) is 15.0 Å². The van der Waals surface area contributed by atoms with Crippen molar-refractivity contribution in [3.05, 3.63) is 72.3 Å². The quantitative estimate of drug-likeness (QED) is 0.344. The zero-order chi connectivity index (χ0) is 26.3. The van der Waals surface area contributed by atoms with Crippen LogP contribution in [-0.2, 0) is 11.0 Å². The van der Waals surface area contributed by atoms with Gasteiger partial charge >= 0.3 is 12.2 Å². The van der Waals surface area contributed by atoms with Gasteiger partial charge in [-0.3, -0.25) is 14.7 Å². The van der Waals surface area contributed by atoms with Gasteiger partial charge in [0.15, 0.2) is 0 Å². The first-order valence-electron chi connectivity index (χ1n) is 10.9. The van der Waals surface area contributed by atoms with Crippen LogP contribution < -0.4 is 19.3 Å². The van der Waals surface area contributed by atoms with E-state index in [1.165, 1.54) is 12.4 Å². The summed E-state index contributed by atoms with van der Waals surface area (Å²) in [6, 6.07) is 9.99. The lowest BCUT2D eigenvalue weighted by molar-refractivity contribution is -0.137. The molecule has 0 bridgehead atoms. The minimum absolute atomic E-state index is 0.124. The van der Waals surface area contributed by atoms with Gasteiger partial charge in [-0.05, 0) is 48.9 Å². The molecule has 0 aliphatic carbocycles. The first-order valence-corrected chi connectivity index (χ1v) is 10.9. The highest BCUT2D eigenvalue weighted by molar-refractivity contribution is 6.27. The van der Waals surface area contributed by atoms with Gasteiger partial charge in [-0.2, -0.15) is 13.2 Å². The van der Waals surface area contributed by atoms with Gasteiger partial charge in [0, 0.05) is 12.3 Å². The number of imide groups is 1. The summed E-state index contributed by atoms with van der Waals surface area (Å²) in [6.45, 7) is 1.26. The van der Waals surface area contributed by atoms with Crippen molar-refractivity contribution in [2.24, 2.45) is 0 Å². The van der Waals surface area contributed by atoms with Crippen molar-refractivity contribution in [3.63, 3.8) is 0 Å². The minimum Gasteiger partial charge on any atom is -0.497 e. The van der Waals surface area contributed by atoms with Crippen LogP contribution in [0.3, 0.4) is 0 Å². The summed E-state index contributed by atoms with van der Waals surface area (Å²) >= 11 is 0. The summed E-state index contributed by atoms with van der Waals surface area (Å²) in [6.07, 6.45) is -1.51. The molecule has 1 saturated heterocycles. The Morgan fingerprint density at radius 3 is 2.49 bits per heavy atom. The number of nitrogens with zero attached hydrogens (tertiary/aromatic N) is 5. The van der Waals surface area contributed by atoms with E-state index in [1.807, 2.05) is 0 Å². The summed E-state index contributed by atoms with van der Waals surface area (Å²) in [7, 11) is 1.55. The number of hydrogen-bond donors (Lipinski definition) is 0. The highest BCUT2D eigenvalue weighted by Crippen LogP contribution is 2.35. The molecule has 0 spiro atoms. The van der Waals surface area contributed by atoms with Crippen LogP contribution in [-0.4, -0.2) is 40.5 Å². The summed E-state index contributed by atoms with van der Waals surface area (Å²) in [5.74, 6) is 0.744. The topological polar surface area (TPSA) is 97.8 Å². The molecule has 0 unspecified atom stereocenters. The van der Waals surface area contributed by atoms with E-state index in [4.69, 9.17) is 9.47 Å². The highest BCUT2D eigenvalue weighted by atomic mass is 19.4. The van der Waals surface area contributed by atoms with Gasteiger partial charge < -0.3 is 9.47 Å². The van der Waals surface area contributed by atoms with E-state index in [1.54, 1.807) is 44.4 Å². The number of carbonyl (C=O) groups is 2. The Hall–Kier alpha value is -4.74. The lowest BCUT2D eigenvalue weighted by Gasteiger charge is -2.19. The van der Waals surface area contributed by atoms with Gasteiger partial charge in [0.2, 0.25) is 5.88 Å². The molecule has 2 aromatic heterocycles. The largest absolute Gasteiger partial charge is 0.497 e. The molecule has 0 radical (unpaired) electrons. The first-order chi connectivity index (χ1) is 17.7. The van der Waals surface area contributed by atoms with Crippen LogP contribution in [0.1, 0.15) is 11.1 Å². The lowest BCUT2D eigenvalue weighted by atomic mass is 10.1. The number of rotatable bonds is 5. The predicted molar refractivity (Wildman–Crippen MR) is 127 cm³/mol. The Balaban J connectivity index is 1.41. The number of amides is 3. The van der Waals surface area contributed by atoms with Crippen molar-refractivity contribution >= 4 is 34.2 Å². The number of hydrogen-bond acceptors (Lipinski definition) is 7. The number of halogens is 3. The van der Waals surface area contributed by atoms with Crippen molar-refractivity contribution in [3.8, 4) is 17.4 Å². The third kappa shape index (κ3) is 4.48. The third-order valence-electron chi connectivity index (χ3n) is 5.76. The van der Waals surface area contributed by atoms with Crippen LogP contribution in [0.15, 0.2) is 61.2 Å². The fraction of sp³-hybridized carbons (Fsp3) is 0.160. The second kappa shape index (κ2) is 9.04. The third-order valence-corrected chi connectivity index (χ3v) is 5.76. The Labute approximate surface area is 208 Å². The molecule has 0 atom stereocenters. The standard InChI is InChI=1S/C25H18F3N5O4/c1-14-7-18(37-23-19-5-3-17(36-2)9-20(19)30-13-31-23)4-6-21(14)33-22(34)12-32(24(33)35)16-8-15(10-29-11-16)25(26,27)28/h3-11,13H,12H2,1-2H3. The first kappa shape index (κ1) is 24.0. The molecule has 5 rings (SSSR count). The van der Waals surface area contributed by atoms with E-state index < -0.39 is 30.2 Å². The SMILES string of the molecule is COc1ccc2c(Oc3ccc(N4C(=O)CN(c5cncc(C(F)(F)F)c5)C4=O)c(C)c3)ncnc2c1. The van der Waals surface area contributed by atoms with Crippen LogP contribution in [0.2, 0.25) is 0 Å². The molecule has 3 heterocycles. The predicted octanol–water partition coefficient (Wildman–Crippen LogP) is 5.13. The Morgan fingerprint density at radius 2 is 1.76 bits per heavy atom.